The molecule has 2 aromatic carbocycles. The molecule has 0 aliphatic heterocycles. The van der Waals surface area contributed by atoms with Crippen LogP contribution >= 0.6 is 0 Å². The highest BCUT2D eigenvalue weighted by molar-refractivity contribution is 7.92. The number of nitrogens with one attached hydrogen (secondary N) is 1. The number of halogens is 3. The van der Waals surface area contributed by atoms with Crippen LogP contribution in [0.5, 0.6) is 0 Å². The van der Waals surface area contributed by atoms with Crippen LogP contribution in [0, 0.1) is 0 Å². The molecule has 10 heteroatoms. The Morgan fingerprint density at radius 3 is 2.26 bits per heavy atom. The molecule has 0 spiro atoms. The molecule has 0 unspecified atom stereocenters. The maximum Gasteiger partial charge on any atom is 0.501 e. The lowest BCUT2D eigenvalue weighted by Gasteiger charge is -2.09. The van der Waals surface area contributed by atoms with Gasteiger partial charge in [-0.3, -0.25) is 4.79 Å². The second-order valence-corrected chi connectivity index (χ2v) is 7.38. The second-order valence-electron chi connectivity index (χ2n) is 5.43. The zero-order valence-electron chi connectivity index (χ0n) is 13.3. The van der Waals surface area contributed by atoms with Crippen molar-refractivity contribution in [2.24, 2.45) is 0 Å². The van der Waals surface area contributed by atoms with Crippen molar-refractivity contribution in [3.8, 4) is 0 Å². The standard InChI is InChI=1S/C17H10F3NO5S/c18-17(19,20)27(24,25)13-5-1-10(2-6-13)16(23)21-12-4-7-14-11(9-12)3-8-15(22)26-14/h1-9H,(H,21,23). The van der Waals surface area contributed by atoms with Crippen molar-refractivity contribution in [1.82, 2.24) is 0 Å². The number of amides is 1. The maximum atomic E-state index is 12.5. The molecule has 1 amide bonds. The van der Waals surface area contributed by atoms with Crippen LogP contribution in [-0.4, -0.2) is 19.8 Å². The summed E-state index contributed by atoms with van der Waals surface area (Å²) >= 11 is 0. The summed E-state index contributed by atoms with van der Waals surface area (Å²) in [5.41, 5.74) is -5.30. The molecule has 3 aromatic rings. The minimum Gasteiger partial charge on any atom is -0.423 e. The van der Waals surface area contributed by atoms with Crippen LogP contribution in [0.2, 0.25) is 0 Å². The Bertz CT molecular complexity index is 1180. The molecule has 0 saturated carbocycles. The summed E-state index contributed by atoms with van der Waals surface area (Å²) in [6.45, 7) is 0. The predicted molar refractivity (Wildman–Crippen MR) is 90.1 cm³/mol. The molecule has 1 heterocycles. The van der Waals surface area contributed by atoms with E-state index in [0.29, 0.717) is 28.8 Å². The summed E-state index contributed by atoms with van der Waals surface area (Å²) in [6, 6.07) is 10.6. The normalized spacial score (nSPS) is 12.1. The van der Waals surface area contributed by atoms with E-state index in [1.165, 1.54) is 24.3 Å². The predicted octanol–water partition coefficient (Wildman–Crippen LogP) is 3.34. The van der Waals surface area contributed by atoms with E-state index >= 15 is 0 Å². The first-order valence-corrected chi connectivity index (χ1v) is 8.83. The molecule has 0 aliphatic rings. The number of benzene rings is 2. The van der Waals surface area contributed by atoms with Crippen molar-refractivity contribution in [1.29, 1.82) is 0 Å². The van der Waals surface area contributed by atoms with Crippen molar-refractivity contribution >= 4 is 32.4 Å². The van der Waals surface area contributed by atoms with Gasteiger partial charge in [0.15, 0.2) is 0 Å². The molecular weight excluding hydrogens is 387 g/mol. The molecule has 0 radical (unpaired) electrons. The summed E-state index contributed by atoms with van der Waals surface area (Å²) in [7, 11) is -5.47. The minimum atomic E-state index is -5.47. The van der Waals surface area contributed by atoms with Gasteiger partial charge in [-0.15, -0.1) is 0 Å². The second kappa shape index (κ2) is 6.54. The lowest BCUT2D eigenvalue weighted by atomic mass is 10.2. The highest BCUT2D eigenvalue weighted by Crippen LogP contribution is 2.30. The Labute approximate surface area is 150 Å². The van der Waals surface area contributed by atoms with Crippen molar-refractivity contribution in [2.45, 2.75) is 10.4 Å². The van der Waals surface area contributed by atoms with Crippen LogP contribution in [0.4, 0.5) is 18.9 Å². The van der Waals surface area contributed by atoms with E-state index in [1.54, 1.807) is 6.07 Å². The molecule has 0 atom stereocenters. The van der Waals surface area contributed by atoms with Crippen LogP contribution in [0.3, 0.4) is 0 Å². The quantitative estimate of drug-likeness (QED) is 0.685. The molecule has 27 heavy (non-hydrogen) atoms. The monoisotopic (exact) mass is 397 g/mol. The third-order valence-corrected chi connectivity index (χ3v) is 5.11. The van der Waals surface area contributed by atoms with Crippen LogP contribution in [0.15, 0.2) is 68.7 Å². The summed E-state index contributed by atoms with van der Waals surface area (Å²) < 4.78 is 65.2. The first-order chi connectivity index (χ1) is 12.6. The maximum absolute atomic E-state index is 12.5. The topological polar surface area (TPSA) is 93.4 Å². The van der Waals surface area contributed by atoms with E-state index in [1.807, 2.05) is 0 Å². The average molecular weight is 397 g/mol. The summed E-state index contributed by atoms with van der Waals surface area (Å²) in [6.07, 6.45) is 0. The van der Waals surface area contributed by atoms with Crippen LogP contribution in [0.25, 0.3) is 11.0 Å². The fourth-order valence-corrected chi connectivity index (χ4v) is 3.03. The number of anilines is 1. The van der Waals surface area contributed by atoms with E-state index in [4.69, 9.17) is 4.42 Å². The molecule has 0 bridgehead atoms. The Kier molecular flexibility index (Phi) is 4.52. The number of hydrogen-bond acceptors (Lipinski definition) is 5. The number of carbonyl (C=O) groups is 1. The number of fused-ring (bicyclic) bond motifs is 1. The van der Waals surface area contributed by atoms with Gasteiger partial charge in [-0.05, 0) is 48.5 Å². The van der Waals surface area contributed by atoms with Crippen LogP contribution in [-0.2, 0) is 9.84 Å². The molecule has 1 aromatic heterocycles. The van der Waals surface area contributed by atoms with Gasteiger partial charge in [0.05, 0.1) is 4.90 Å². The van der Waals surface area contributed by atoms with Crippen LogP contribution < -0.4 is 10.9 Å². The number of rotatable bonds is 3. The summed E-state index contributed by atoms with van der Waals surface area (Å²) in [5, 5.41) is 3.08. The van der Waals surface area contributed by atoms with E-state index in [9.17, 15) is 31.2 Å². The lowest BCUT2D eigenvalue weighted by Crippen LogP contribution is -2.23. The molecule has 0 saturated heterocycles. The SMILES string of the molecule is O=C(Nc1ccc2oc(=O)ccc2c1)c1ccc(S(=O)(=O)C(F)(F)F)cc1. The van der Waals surface area contributed by atoms with Gasteiger partial charge in [-0.25, -0.2) is 13.2 Å². The van der Waals surface area contributed by atoms with Crippen molar-refractivity contribution in [3.63, 3.8) is 0 Å². The van der Waals surface area contributed by atoms with Gasteiger partial charge in [0.2, 0.25) is 0 Å². The van der Waals surface area contributed by atoms with E-state index in [-0.39, 0.29) is 5.56 Å². The van der Waals surface area contributed by atoms with E-state index < -0.39 is 31.8 Å². The smallest absolute Gasteiger partial charge is 0.423 e. The lowest BCUT2D eigenvalue weighted by molar-refractivity contribution is -0.0436. The molecule has 0 fully saturated rings. The zero-order valence-corrected chi connectivity index (χ0v) is 14.1. The third kappa shape index (κ3) is 3.70. The van der Waals surface area contributed by atoms with Crippen LogP contribution in [0.1, 0.15) is 10.4 Å². The zero-order chi connectivity index (χ0) is 19.8. The fraction of sp³-hybridized carbons (Fsp3) is 0.0588. The molecule has 1 N–H and O–H groups in total. The Balaban J connectivity index is 1.82. The first kappa shape index (κ1) is 18.6. The van der Waals surface area contributed by atoms with Gasteiger partial charge < -0.3 is 9.73 Å². The Morgan fingerprint density at radius 1 is 0.963 bits per heavy atom. The summed E-state index contributed by atoms with van der Waals surface area (Å²) in [5.74, 6) is -0.650. The van der Waals surface area contributed by atoms with Gasteiger partial charge in [0.1, 0.15) is 5.58 Å². The number of hydrogen-bond donors (Lipinski definition) is 1. The summed E-state index contributed by atoms with van der Waals surface area (Å²) in [4.78, 5) is 22.4. The van der Waals surface area contributed by atoms with E-state index in [2.05, 4.69) is 5.32 Å². The average Bonchev–Trinajstić information content (AvgIpc) is 2.61. The van der Waals surface area contributed by atoms with Gasteiger partial charge in [0.25, 0.3) is 15.7 Å². The largest absolute Gasteiger partial charge is 0.501 e. The van der Waals surface area contributed by atoms with Crippen molar-refractivity contribution in [3.05, 3.63) is 70.6 Å². The van der Waals surface area contributed by atoms with E-state index in [0.717, 1.165) is 12.1 Å². The van der Waals surface area contributed by atoms with Crippen molar-refractivity contribution < 1.29 is 30.8 Å². The highest BCUT2D eigenvalue weighted by Gasteiger charge is 2.46. The molecule has 0 aliphatic carbocycles. The fourth-order valence-electron chi connectivity index (χ4n) is 2.27. The molecule has 6 nitrogen and oxygen atoms in total. The third-order valence-electron chi connectivity index (χ3n) is 3.61. The van der Waals surface area contributed by atoms with Crippen molar-refractivity contribution in [2.75, 3.05) is 5.32 Å². The van der Waals surface area contributed by atoms with Gasteiger partial charge in [0, 0.05) is 22.7 Å². The van der Waals surface area contributed by atoms with Gasteiger partial charge in [-0.1, -0.05) is 0 Å². The van der Waals surface area contributed by atoms with Gasteiger partial charge in [-0.2, -0.15) is 13.2 Å². The molecule has 3 rings (SSSR count). The Morgan fingerprint density at radius 2 is 1.63 bits per heavy atom. The molecular formula is C17H10F3NO5S. The number of sulfone groups is 1. The minimum absolute atomic E-state index is 0.0317. The first-order valence-electron chi connectivity index (χ1n) is 7.35. The van der Waals surface area contributed by atoms with Gasteiger partial charge >= 0.3 is 11.1 Å². The number of carbonyl (C=O) groups excluding carboxylic acids is 1. The molecule has 140 valence electrons. The highest BCUT2D eigenvalue weighted by atomic mass is 32.2. The Hall–Kier alpha value is -3.14. The number of alkyl halides is 3.